The van der Waals surface area contributed by atoms with Crippen LogP contribution in [0.5, 0.6) is 0 Å². The zero-order valence-electron chi connectivity index (χ0n) is 10.8. The lowest BCUT2D eigenvalue weighted by molar-refractivity contribution is 0.840. The van der Waals surface area contributed by atoms with Crippen LogP contribution in [-0.4, -0.2) is 23.4 Å². The summed E-state index contributed by atoms with van der Waals surface area (Å²) in [7, 11) is 0. The molecule has 0 aliphatic carbocycles. The fourth-order valence-electron chi connectivity index (χ4n) is 2.15. The molecule has 0 bridgehead atoms. The second kappa shape index (κ2) is 5.43. The highest BCUT2D eigenvalue weighted by Gasteiger charge is 2.07. The predicted molar refractivity (Wildman–Crippen MR) is 77.5 cm³/mol. The summed E-state index contributed by atoms with van der Waals surface area (Å²) in [4.78, 5) is 3.35. The number of nitrogens with two attached hydrogens (primary N) is 1. The van der Waals surface area contributed by atoms with Crippen LogP contribution < -0.4 is 16.4 Å². The van der Waals surface area contributed by atoms with Crippen LogP contribution in [0.3, 0.4) is 0 Å². The van der Waals surface area contributed by atoms with Crippen molar-refractivity contribution in [2.24, 2.45) is 5.73 Å². The van der Waals surface area contributed by atoms with E-state index < -0.39 is 0 Å². The predicted octanol–water partition coefficient (Wildman–Crippen LogP) is 1.03. The minimum atomic E-state index is -0.235. The molecule has 1 heterocycles. The summed E-state index contributed by atoms with van der Waals surface area (Å²) in [5.74, 6) is -0.189. The largest absolute Gasteiger partial charge is 0.370 e. The molecule has 1 aromatic heterocycles. The Morgan fingerprint density at radius 2 is 2.05 bits per heavy atom. The minimum Gasteiger partial charge on any atom is -0.370 e. The van der Waals surface area contributed by atoms with Gasteiger partial charge in [-0.15, -0.1) is 0 Å². The molecule has 0 unspecified atom stereocenters. The van der Waals surface area contributed by atoms with Gasteiger partial charge in [0.15, 0.2) is 11.9 Å². The van der Waals surface area contributed by atoms with Crippen LogP contribution in [0.25, 0.3) is 10.9 Å². The minimum absolute atomic E-state index is 0.0463. The summed E-state index contributed by atoms with van der Waals surface area (Å²) in [5.41, 5.74) is 8.67. The molecule has 100 valence electrons. The first kappa shape index (κ1) is 12.9. The maximum Gasteiger partial charge on any atom is 0.195 e. The van der Waals surface area contributed by atoms with Crippen LogP contribution in [0.1, 0.15) is 11.3 Å². The Hall–Kier alpha value is -2.50. The van der Waals surface area contributed by atoms with Crippen molar-refractivity contribution in [1.29, 1.82) is 10.8 Å². The summed E-state index contributed by atoms with van der Waals surface area (Å²) in [6.07, 6.45) is 0.803. The molecule has 2 aromatic rings. The van der Waals surface area contributed by atoms with Crippen LogP contribution in [-0.2, 0) is 6.42 Å². The van der Waals surface area contributed by atoms with E-state index in [2.05, 4.69) is 34.7 Å². The van der Waals surface area contributed by atoms with Crippen molar-refractivity contribution < 1.29 is 0 Å². The molecule has 6 heteroatoms. The first-order chi connectivity index (χ1) is 9.08. The monoisotopic (exact) mass is 258 g/mol. The Kier molecular flexibility index (Phi) is 3.70. The van der Waals surface area contributed by atoms with Gasteiger partial charge in [0.1, 0.15) is 0 Å². The van der Waals surface area contributed by atoms with Gasteiger partial charge in [-0.1, -0.05) is 18.2 Å². The average molecular weight is 258 g/mol. The van der Waals surface area contributed by atoms with E-state index in [1.54, 1.807) is 0 Å². The van der Waals surface area contributed by atoms with E-state index in [-0.39, 0.29) is 11.9 Å². The zero-order valence-corrected chi connectivity index (χ0v) is 10.8. The number of rotatable bonds is 3. The lowest BCUT2D eigenvalue weighted by Crippen LogP contribution is -2.43. The van der Waals surface area contributed by atoms with Gasteiger partial charge in [-0.05, 0) is 25.0 Å². The van der Waals surface area contributed by atoms with Gasteiger partial charge in [-0.25, -0.2) is 0 Å². The topological polar surface area (TPSA) is 114 Å². The molecule has 0 fully saturated rings. The van der Waals surface area contributed by atoms with Crippen molar-refractivity contribution in [2.75, 3.05) is 6.54 Å². The number of hydrogen-bond donors (Lipinski definition) is 6. The molecular formula is C13H18N6. The summed E-state index contributed by atoms with van der Waals surface area (Å²) >= 11 is 0. The van der Waals surface area contributed by atoms with Crippen LogP contribution in [0.4, 0.5) is 0 Å². The summed E-state index contributed by atoms with van der Waals surface area (Å²) in [6.45, 7) is 2.66. The van der Waals surface area contributed by atoms with Gasteiger partial charge in [-0.3, -0.25) is 16.1 Å². The summed E-state index contributed by atoms with van der Waals surface area (Å²) in [6, 6.07) is 8.17. The van der Waals surface area contributed by atoms with E-state index >= 15 is 0 Å². The van der Waals surface area contributed by atoms with Gasteiger partial charge in [-0.2, -0.15) is 0 Å². The molecule has 0 amide bonds. The maximum atomic E-state index is 7.51. The van der Waals surface area contributed by atoms with E-state index in [4.69, 9.17) is 16.6 Å². The molecule has 0 atom stereocenters. The molecule has 0 spiro atoms. The SMILES string of the molecule is Cc1[nH]c2ccccc2c1CCNC(=N)NC(=N)N. The lowest BCUT2D eigenvalue weighted by Gasteiger charge is -2.08. The third-order valence-corrected chi connectivity index (χ3v) is 2.96. The van der Waals surface area contributed by atoms with Gasteiger partial charge in [0, 0.05) is 23.1 Å². The van der Waals surface area contributed by atoms with Gasteiger partial charge >= 0.3 is 0 Å². The Labute approximate surface area is 111 Å². The van der Waals surface area contributed by atoms with E-state index in [9.17, 15) is 0 Å². The van der Waals surface area contributed by atoms with Crippen LogP contribution in [0.2, 0.25) is 0 Å². The number of aryl methyl sites for hydroxylation is 1. The highest BCUT2D eigenvalue weighted by Crippen LogP contribution is 2.21. The van der Waals surface area contributed by atoms with Crippen LogP contribution in [0, 0.1) is 17.7 Å². The number of fused-ring (bicyclic) bond motifs is 1. The number of aromatic nitrogens is 1. The molecule has 0 saturated carbocycles. The molecule has 2 rings (SSSR count). The smallest absolute Gasteiger partial charge is 0.195 e. The molecule has 0 radical (unpaired) electrons. The summed E-state index contributed by atoms with van der Waals surface area (Å²) in [5, 5.41) is 21.0. The van der Waals surface area contributed by atoms with E-state index in [1.807, 2.05) is 12.1 Å². The fraction of sp³-hybridized carbons (Fsp3) is 0.231. The van der Waals surface area contributed by atoms with Crippen molar-refractivity contribution in [3.8, 4) is 0 Å². The standard InChI is InChI=1S/C13H18N6/c1-8-9(6-7-17-13(16)19-12(14)15)10-4-2-3-5-11(10)18-8/h2-5,18H,6-7H2,1H3,(H6,14,15,16,17,19). The van der Waals surface area contributed by atoms with E-state index in [1.165, 1.54) is 10.9 Å². The molecule has 0 saturated heterocycles. The Morgan fingerprint density at radius 3 is 2.79 bits per heavy atom. The van der Waals surface area contributed by atoms with Crippen molar-refractivity contribution in [3.63, 3.8) is 0 Å². The molecule has 19 heavy (non-hydrogen) atoms. The lowest BCUT2D eigenvalue weighted by atomic mass is 10.1. The Balaban J connectivity index is 2.00. The van der Waals surface area contributed by atoms with Gasteiger partial charge in [0.05, 0.1) is 0 Å². The number of nitrogens with one attached hydrogen (secondary N) is 5. The average Bonchev–Trinajstić information content (AvgIpc) is 2.65. The number of guanidine groups is 2. The first-order valence-electron chi connectivity index (χ1n) is 6.07. The number of benzene rings is 1. The molecule has 7 N–H and O–H groups in total. The maximum absolute atomic E-state index is 7.51. The second-order valence-electron chi connectivity index (χ2n) is 4.36. The van der Waals surface area contributed by atoms with Gasteiger partial charge in [0.25, 0.3) is 0 Å². The highest BCUT2D eigenvalue weighted by atomic mass is 15.2. The van der Waals surface area contributed by atoms with E-state index in [0.29, 0.717) is 6.54 Å². The molecule has 1 aromatic carbocycles. The van der Waals surface area contributed by atoms with Crippen LogP contribution >= 0.6 is 0 Å². The van der Waals surface area contributed by atoms with Crippen LogP contribution in [0.15, 0.2) is 24.3 Å². The number of aromatic amines is 1. The molecule has 6 nitrogen and oxygen atoms in total. The van der Waals surface area contributed by atoms with Crippen molar-refractivity contribution in [3.05, 3.63) is 35.5 Å². The first-order valence-corrected chi connectivity index (χ1v) is 6.07. The Morgan fingerprint density at radius 1 is 1.32 bits per heavy atom. The second-order valence-corrected chi connectivity index (χ2v) is 4.36. The van der Waals surface area contributed by atoms with E-state index in [0.717, 1.165) is 17.6 Å². The summed E-state index contributed by atoms with van der Waals surface area (Å²) < 4.78 is 0. The van der Waals surface area contributed by atoms with Gasteiger partial charge < -0.3 is 16.0 Å². The zero-order chi connectivity index (χ0) is 13.8. The van der Waals surface area contributed by atoms with Gasteiger partial charge in [0.2, 0.25) is 0 Å². The number of hydrogen-bond acceptors (Lipinski definition) is 2. The van der Waals surface area contributed by atoms with Crippen molar-refractivity contribution >= 4 is 22.8 Å². The molecule has 0 aliphatic heterocycles. The quantitative estimate of drug-likeness (QED) is 0.365. The number of para-hydroxylation sites is 1. The molecular weight excluding hydrogens is 240 g/mol. The van der Waals surface area contributed by atoms with Crippen molar-refractivity contribution in [2.45, 2.75) is 13.3 Å². The number of H-pyrrole nitrogens is 1. The normalized spacial score (nSPS) is 10.4. The Bertz CT molecular complexity index is 613. The highest BCUT2D eigenvalue weighted by molar-refractivity contribution is 5.94. The third-order valence-electron chi connectivity index (χ3n) is 2.96. The van der Waals surface area contributed by atoms with Crippen molar-refractivity contribution in [1.82, 2.24) is 15.6 Å². The fourth-order valence-corrected chi connectivity index (χ4v) is 2.15. The third kappa shape index (κ3) is 3.04. The molecule has 0 aliphatic rings.